The second kappa shape index (κ2) is 8.77. The number of halogens is 1. The maximum atomic E-state index is 12.9. The maximum absolute atomic E-state index is 12.9. The average molecular weight is 398 g/mol. The number of para-hydroxylation sites is 1. The van der Waals surface area contributed by atoms with Crippen LogP contribution in [0.15, 0.2) is 83.8 Å². The molecule has 0 saturated carbocycles. The Morgan fingerprint density at radius 1 is 0.893 bits per heavy atom. The molecule has 3 aromatic carbocycles. The third-order valence-electron chi connectivity index (χ3n) is 4.06. The summed E-state index contributed by atoms with van der Waals surface area (Å²) < 4.78 is 40.4. The Labute approximate surface area is 163 Å². The van der Waals surface area contributed by atoms with Crippen LogP contribution in [0.5, 0.6) is 0 Å². The van der Waals surface area contributed by atoms with Crippen molar-refractivity contribution in [3.8, 4) is 0 Å². The molecule has 0 atom stereocenters. The van der Waals surface area contributed by atoms with Crippen LogP contribution in [-0.4, -0.2) is 20.9 Å². The zero-order valence-corrected chi connectivity index (χ0v) is 15.7. The summed E-state index contributed by atoms with van der Waals surface area (Å²) in [7, 11) is -3.77. The van der Waals surface area contributed by atoms with Crippen LogP contribution >= 0.6 is 0 Å². The number of benzene rings is 3. The molecule has 0 spiro atoms. The molecule has 2 N–H and O–H groups in total. The first-order chi connectivity index (χ1) is 13.4. The Balaban J connectivity index is 1.65. The number of carbonyl (C=O) groups excluding carboxylic acids is 1. The van der Waals surface area contributed by atoms with Crippen molar-refractivity contribution in [2.45, 2.75) is 11.3 Å². The van der Waals surface area contributed by atoms with Gasteiger partial charge in [-0.25, -0.2) is 17.5 Å². The highest BCUT2D eigenvalue weighted by Crippen LogP contribution is 2.14. The number of anilines is 1. The highest BCUT2D eigenvalue weighted by atomic mass is 32.2. The first-order valence-corrected chi connectivity index (χ1v) is 10.1. The van der Waals surface area contributed by atoms with E-state index in [-0.39, 0.29) is 22.8 Å². The molecule has 0 radical (unpaired) electrons. The topological polar surface area (TPSA) is 75.3 Å². The molecule has 5 nitrogen and oxygen atoms in total. The van der Waals surface area contributed by atoms with Crippen LogP contribution in [0.3, 0.4) is 0 Å². The largest absolute Gasteiger partial charge is 0.322 e. The Morgan fingerprint density at radius 2 is 1.61 bits per heavy atom. The van der Waals surface area contributed by atoms with Gasteiger partial charge in [-0.3, -0.25) is 4.79 Å². The van der Waals surface area contributed by atoms with Crippen LogP contribution in [0.25, 0.3) is 0 Å². The fraction of sp³-hybridized carbons (Fsp3) is 0.0952. The summed E-state index contributed by atoms with van der Waals surface area (Å²) >= 11 is 0. The number of sulfonamides is 1. The summed E-state index contributed by atoms with van der Waals surface area (Å²) in [6.07, 6.45) is 0.424. The van der Waals surface area contributed by atoms with Gasteiger partial charge in [0.2, 0.25) is 10.0 Å². The first-order valence-electron chi connectivity index (χ1n) is 8.65. The number of hydrogen-bond acceptors (Lipinski definition) is 3. The summed E-state index contributed by atoms with van der Waals surface area (Å²) in [5.74, 6) is -0.732. The molecule has 3 rings (SSSR count). The molecule has 0 aromatic heterocycles. The van der Waals surface area contributed by atoms with Crippen LogP contribution in [0.1, 0.15) is 15.9 Å². The molecular weight excluding hydrogens is 379 g/mol. The van der Waals surface area contributed by atoms with Crippen molar-refractivity contribution >= 4 is 21.6 Å². The van der Waals surface area contributed by atoms with Gasteiger partial charge in [0.15, 0.2) is 0 Å². The average Bonchev–Trinajstić information content (AvgIpc) is 2.70. The summed E-state index contributed by atoms with van der Waals surface area (Å²) in [5.41, 5.74) is 1.68. The van der Waals surface area contributed by atoms with Crippen LogP contribution in [0, 0.1) is 5.82 Å². The predicted octanol–water partition coefficient (Wildman–Crippen LogP) is 3.60. The Bertz CT molecular complexity index is 1050. The van der Waals surface area contributed by atoms with E-state index >= 15 is 0 Å². The SMILES string of the molecule is O=C(Nc1ccccc1)c1cccc(S(=O)(=O)NCCc2ccc(F)cc2)c1. The van der Waals surface area contributed by atoms with Gasteiger partial charge in [0, 0.05) is 17.8 Å². The number of rotatable bonds is 7. The smallest absolute Gasteiger partial charge is 0.255 e. The van der Waals surface area contributed by atoms with Crippen molar-refractivity contribution in [1.29, 1.82) is 0 Å². The minimum atomic E-state index is -3.77. The van der Waals surface area contributed by atoms with Gasteiger partial charge >= 0.3 is 0 Å². The van der Waals surface area contributed by atoms with Gasteiger partial charge in [0.05, 0.1) is 4.90 Å². The van der Waals surface area contributed by atoms with Gasteiger partial charge < -0.3 is 5.32 Å². The molecule has 1 amide bonds. The fourth-order valence-electron chi connectivity index (χ4n) is 2.59. The molecule has 0 aliphatic rings. The minimum Gasteiger partial charge on any atom is -0.322 e. The van der Waals surface area contributed by atoms with E-state index < -0.39 is 15.9 Å². The normalized spacial score (nSPS) is 11.2. The molecule has 0 saturated heterocycles. The van der Waals surface area contributed by atoms with E-state index in [2.05, 4.69) is 10.0 Å². The van der Waals surface area contributed by atoms with E-state index in [4.69, 9.17) is 0 Å². The van der Waals surface area contributed by atoms with E-state index in [1.165, 1.54) is 30.3 Å². The molecule has 0 bridgehead atoms. The number of amides is 1. The van der Waals surface area contributed by atoms with Crippen LogP contribution in [0.4, 0.5) is 10.1 Å². The lowest BCUT2D eigenvalue weighted by Crippen LogP contribution is -2.26. The van der Waals surface area contributed by atoms with Gasteiger partial charge in [-0.15, -0.1) is 0 Å². The molecule has 0 aliphatic carbocycles. The third-order valence-corrected chi connectivity index (χ3v) is 5.52. The lowest BCUT2D eigenvalue weighted by Gasteiger charge is -2.09. The molecule has 28 heavy (non-hydrogen) atoms. The Morgan fingerprint density at radius 3 is 2.32 bits per heavy atom. The van der Waals surface area contributed by atoms with Crippen molar-refractivity contribution < 1.29 is 17.6 Å². The highest BCUT2D eigenvalue weighted by molar-refractivity contribution is 7.89. The van der Waals surface area contributed by atoms with E-state index in [9.17, 15) is 17.6 Å². The second-order valence-electron chi connectivity index (χ2n) is 6.12. The Kier molecular flexibility index (Phi) is 6.18. The Hall–Kier alpha value is -3.03. The summed E-state index contributed by atoms with van der Waals surface area (Å²) in [5, 5.41) is 2.72. The van der Waals surface area contributed by atoms with Crippen molar-refractivity contribution in [3.63, 3.8) is 0 Å². The van der Waals surface area contributed by atoms with Crippen LogP contribution in [0.2, 0.25) is 0 Å². The molecule has 0 aliphatic heterocycles. The molecule has 144 valence electrons. The second-order valence-corrected chi connectivity index (χ2v) is 7.89. The lowest BCUT2D eigenvalue weighted by molar-refractivity contribution is 0.102. The molecule has 0 unspecified atom stereocenters. The van der Waals surface area contributed by atoms with E-state index in [0.717, 1.165) is 5.56 Å². The van der Waals surface area contributed by atoms with Gasteiger partial charge in [-0.1, -0.05) is 36.4 Å². The van der Waals surface area contributed by atoms with Crippen molar-refractivity contribution in [2.75, 3.05) is 11.9 Å². The molecular formula is C21H19FN2O3S. The first kappa shape index (κ1) is 19.7. The van der Waals surface area contributed by atoms with Crippen LogP contribution < -0.4 is 10.0 Å². The van der Waals surface area contributed by atoms with E-state index in [1.807, 2.05) is 6.07 Å². The number of hydrogen-bond donors (Lipinski definition) is 2. The fourth-order valence-corrected chi connectivity index (χ4v) is 3.67. The van der Waals surface area contributed by atoms with Gasteiger partial charge in [0.1, 0.15) is 5.82 Å². The third kappa shape index (κ3) is 5.25. The van der Waals surface area contributed by atoms with Gasteiger partial charge in [-0.2, -0.15) is 0 Å². The predicted molar refractivity (Wildman–Crippen MR) is 106 cm³/mol. The monoisotopic (exact) mass is 398 g/mol. The zero-order chi connectivity index (χ0) is 20.0. The standard InChI is InChI=1S/C21H19FN2O3S/c22-18-11-9-16(10-12-18)13-14-23-28(26,27)20-8-4-5-17(15-20)21(25)24-19-6-2-1-3-7-19/h1-12,15,23H,13-14H2,(H,24,25). The summed E-state index contributed by atoms with van der Waals surface area (Å²) in [6.45, 7) is 0.161. The molecule has 7 heteroatoms. The van der Waals surface area contributed by atoms with Crippen LogP contribution in [-0.2, 0) is 16.4 Å². The van der Waals surface area contributed by atoms with Gasteiger partial charge in [-0.05, 0) is 54.4 Å². The maximum Gasteiger partial charge on any atom is 0.255 e. The molecule has 3 aromatic rings. The van der Waals surface area contributed by atoms with E-state index in [0.29, 0.717) is 12.1 Å². The molecule has 0 heterocycles. The quantitative estimate of drug-likeness (QED) is 0.639. The zero-order valence-electron chi connectivity index (χ0n) is 14.9. The van der Waals surface area contributed by atoms with E-state index in [1.54, 1.807) is 42.5 Å². The number of carbonyl (C=O) groups is 1. The minimum absolute atomic E-state index is 0.00678. The van der Waals surface area contributed by atoms with Crippen molar-refractivity contribution in [3.05, 3.63) is 95.8 Å². The highest BCUT2D eigenvalue weighted by Gasteiger charge is 2.16. The van der Waals surface area contributed by atoms with Crippen molar-refractivity contribution in [2.24, 2.45) is 0 Å². The van der Waals surface area contributed by atoms with Gasteiger partial charge in [0.25, 0.3) is 5.91 Å². The summed E-state index contributed by atoms with van der Waals surface area (Å²) in [6, 6.07) is 20.6. The number of nitrogens with one attached hydrogen (secondary N) is 2. The van der Waals surface area contributed by atoms with Crippen molar-refractivity contribution in [1.82, 2.24) is 4.72 Å². The summed E-state index contributed by atoms with van der Waals surface area (Å²) in [4.78, 5) is 12.4. The lowest BCUT2D eigenvalue weighted by atomic mass is 10.1. The molecule has 0 fully saturated rings.